The minimum atomic E-state index is -1.42. The zero-order valence-electron chi connectivity index (χ0n) is 6.37. The first-order valence-corrected chi connectivity index (χ1v) is 3.12. The third kappa shape index (κ3) is 2.14. The van der Waals surface area contributed by atoms with Crippen molar-refractivity contribution in [2.45, 2.75) is 0 Å². The summed E-state index contributed by atoms with van der Waals surface area (Å²) in [5.74, 6) is -1.54. The third-order valence-corrected chi connectivity index (χ3v) is 1.45. The molecule has 0 saturated carbocycles. The predicted molar refractivity (Wildman–Crippen MR) is 38.0 cm³/mol. The number of carbonyl (C=O) groups excluding carboxylic acids is 1. The molecule has 1 aromatic heterocycles. The largest absolute Gasteiger partial charge is 1.00 e. The summed E-state index contributed by atoms with van der Waals surface area (Å²) in [4.78, 5) is 13.9. The van der Waals surface area contributed by atoms with Crippen LogP contribution >= 0.6 is 11.6 Å². The van der Waals surface area contributed by atoms with Crippen molar-refractivity contribution in [2.24, 2.45) is 0 Å². The van der Waals surface area contributed by atoms with Gasteiger partial charge in [-0.3, -0.25) is 0 Å². The number of pyridine rings is 1. The van der Waals surface area contributed by atoms with E-state index in [2.05, 4.69) is 4.98 Å². The number of nitrogens with zero attached hydrogens (tertiary/aromatic N) is 1. The Morgan fingerprint density at radius 1 is 1.67 bits per heavy atom. The number of nitrogens with two attached hydrogens (primary N) is 1. The zero-order chi connectivity index (χ0) is 8.43. The molecule has 2 N–H and O–H groups in total. The zero-order valence-corrected chi connectivity index (χ0v) is 7.13. The van der Waals surface area contributed by atoms with Gasteiger partial charge in [0.1, 0.15) is 5.82 Å². The van der Waals surface area contributed by atoms with E-state index in [1.54, 1.807) is 0 Å². The molecule has 0 aromatic carbocycles. The van der Waals surface area contributed by atoms with Gasteiger partial charge in [-0.05, 0) is 6.07 Å². The van der Waals surface area contributed by atoms with Gasteiger partial charge < -0.3 is 15.6 Å². The van der Waals surface area contributed by atoms with E-state index in [0.29, 0.717) is 0 Å². The number of carboxylic acid groups (broad SMARTS) is 1. The molecule has 0 radical (unpaired) electrons. The molecule has 6 heteroatoms. The molecule has 0 aliphatic carbocycles. The maximum atomic E-state index is 10.3. The molecule has 58 valence electrons. The van der Waals surface area contributed by atoms with Crippen LogP contribution in [-0.4, -0.2) is 11.0 Å². The maximum absolute atomic E-state index is 10.3. The second-order valence-corrected chi connectivity index (χ2v) is 2.25. The summed E-state index contributed by atoms with van der Waals surface area (Å²) in [5, 5.41) is 10.4. The normalized spacial score (nSPS) is 8.75. The number of anilines is 1. The van der Waals surface area contributed by atoms with Crippen LogP contribution in [0.1, 0.15) is 10.4 Å². The standard InChI is InChI=1S/C6H5ClN2O2.Li/c7-3-1-2-9-5(8)4(3)6(10)11;/h1-2H,(H2,8,9)(H,10,11);/q;+1/p-1. The van der Waals surface area contributed by atoms with Crippen molar-refractivity contribution < 1.29 is 28.8 Å². The van der Waals surface area contributed by atoms with Crippen LogP contribution in [0.25, 0.3) is 0 Å². The number of rotatable bonds is 1. The Hall–Kier alpha value is -0.693. The first kappa shape index (κ1) is 11.3. The molecule has 1 heterocycles. The van der Waals surface area contributed by atoms with E-state index in [-0.39, 0.29) is 35.3 Å². The molecule has 0 saturated heterocycles. The molecule has 12 heavy (non-hydrogen) atoms. The number of halogens is 1. The van der Waals surface area contributed by atoms with Crippen LogP contribution in [0.3, 0.4) is 0 Å². The molecular formula is C6H4ClLiN2O2. The van der Waals surface area contributed by atoms with Crippen LogP contribution in [0.5, 0.6) is 0 Å². The first-order chi connectivity index (χ1) is 5.13. The minimum absolute atomic E-state index is 0. The van der Waals surface area contributed by atoms with Gasteiger partial charge in [-0.2, -0.15) is 0 Å². The number of carbonyl (C=O) groups is 1. The van der Waals surface area contributed by atoms with Crippen LogP contribution in [0.2, 0.25) is 5.02 Å². The minimum Gasteiger partial charge on any atom is -0.545 e. The van der Waals surface area contributed by atoms with Gasteiger partial charge in [0.15, 0.2) is 0 Å². The SMILES string of the molecule is Nc1nccc(Cl)c1C(=O)[O-].[Li+]. The van der Waals surface area contributed by atoms with E-state index in [1.165, 1.54) is 12.3 Å². The van der Waals surface area contributed by atoms with Crippen molar-refractivity contribution >= 4 is 23.4 Å². The second-order valence-electron chi connectivity index (χ2n) is 1.84. The van der Waals surface area contributed by atoms with E-state index in [4.69, 9.17) is 17.3 Å². The quantitative estimate of drug-likeness (QED) is 0.457. The summed E-state index contributed by atoms with van der Waals surface area (Å²) in [5.41, 5.74) is 4.95. The average molecular weight is 179 g/mol. The average Bonchev–Trinajstić information content (AvgIpc) is 1.85. The summed E-state index contributed by atoms with van der Waals surface area (Å²) in [7, 11) is 0. The Kier molecular flexibility index (Phi) is 4.11. The van der Waals surface area contributed by atoms with Crippen molar-refractivity contribution in [3.8, 4) is 0 Å². The Bertz CT molecular complexity index is 285. The second kappa shape index (κ2) is 4.36. The summed E-state index contributed by atoms with van der Waals surface area (Å²) < 4.78 is 0. The van der Waals surface area contributed by atoms with E-state index in [1.807, 2.05) is 0 Å². The number of nitrogen functional groups attached to an aromatic ring is 1. The van der Waals surface area contributed by atoms with Gasteiger partial charge in [-0.25, -0.2) is 4.98 Å². The van der Waals surface area contributed by atoms with E-state index >= 15 is 0 Å². The van der Waals surface area contributed by atoms with Crippen molar-refractivity contribution in [2.75, 3.05) is 5.73 Å². The molecule has 1 aromatic rings. The molecule has 0 aliphatic heterocycles. The monoisotopic (exact) mass is 178 g/mol. The fraction of sp³-hybridized carbons (Fsp3) is 0. The van der Waals surface area contributed by atoms with Crippen molar-refractivity contribution in [3.63, 3.8) is 0 Å². The summed E-state index contributed by atoms with van der Waals surface area (Å²) in [6, 6.07) is 1.34. The smallest absolute Gasteiger partial charge is 0.545 e. The fourth-order valence-electron chi connectivity index (χ4n) is 0.655. The third-order valence-electron chi connectivity index (χ3n) is 1.13. The summed E-state index contributed by atoms with van der Waals surface area (Å²) in [6.45, 7) is 0. The van der Waals surface area contributed by atoms with Crippen LogP contribution in [0.15, 0.2) is 12.3 Å². The van der Waals surface area contributed by atoms with E-state index < -0.39 is 5.97 Å². The molecule has 1 rings (SSSR count). The maximum Gasteiger partial charge on any atom is 1.00 e. The Labute approximate surface area is 85.9 Å². The van der Waals surface area contributed by atoms with Crippen LogP contribution in [0.4, 0.5) is 5.82 Å². The van der Waals surface area contributed by atoms with Crippen molar-refractivity contribution in [1.82, 2.24) is 4.98 Å². The molecule has 0 unspecified atom stereocenters. The molecular weight excluding hydrogens is 174 g/mol. The Morgan fingerprint density at radius 2 is 2.25 bits per heavy atom. The molecule has 4 nitrogen and oxygen atoms in total. The van der Waals surface area contributed by atoms with Crippen LogP contribution in [-0.2, 0) is 0 Å². The Morgan fingerprint density at radius 3 is 2.58 bits per heavy atom. The molecule has 0 bridgehead atoms. The number of hydrogen-bond donors (Lipinski definition) is 1. The molecule has 0 fully saturated rings. The number of aromatic carboxylic acids is 1. The molecule has 0 amide bonds. The van der Waals surface area contributed by atoms with Gasteiger partial charge in [-0.1, -0.05) is 11.6 Å². The summed E-state index contributed by atoms with van der Waals surface area (Å²) in [6.07, 6.45) is 1.32. The van der Waals surface area contributed by atoms with Gasteiger partial charge in [0, 0.05) is 6.20 Å². The summed E-state index contributed by atoms with van der Waals surface area (Å²) >= 11 is 5.48. The number of hydrogen-bond acceptors (Lipinski definition) is 4. The van der Waals surface area contributed by atoms with Gasteiger partial charge in [-0.15, -0.1) is 0 Å². The van der Waals surface area contributed by atoms with Crippen LogP contribution < -0.4 is 29.7 Å². The molecule has 0 aliphatic rings. The Balaban J connectivity index is 0.00000121. The van der Waals surface area contributed by atoms with E-state index in [0.717, 1.165) is 0 Å². The van der Waals surface area contributed by atoms with Gasteiger partial charge in [0.05, 0.1) is 16.6 Å². The number of carboxylic acids is 1. The van der Waals surface area contributed by atoms with Gasteiger partial charge >= 0.3 is 18.9 Å². The van der Waals surface area contributed by atoms with Gasteiger partial charge in [0.25, 0.3) is 0 Å². The topological polar surface area (TPSA) is 79.0 Å². The van der Waals surface area contributed by atoms with Crippen LogP contribution in [0, 0.1) is 0 Å². The van der Waals surface area contributed by atoms with Crippen molar-refractivity contribution in [3.05, 3.63) is 22.8 Å². The van der Waals surface area contributed by atoms with Crippen molar-refractivity contribution in [1.29, 1.82) is 0 Å². The molecule has 0 atom stereocenters. The molecule has 0 spiro atoms. The first-order valence-electron chi connectivity index (χ1n) is 2.74. The fourth-order valence-corrected chi connectivity index (χ4v) is 0.886. The number of aromatic nitrogens is 1. The predicted octanol–water partition coefficient (Wildman–Crippen LogP) is -3.32. The van der Waals surface area contributed by atoms with E-state index in [9.17, 15) is 9.90 Å². The van der Waals surface area contributed by atoms with Gasteiger partial charge in [0.2, 0.25) is 0 Å².